The highest BCUT2D eigenvalue weighted by molar-refractivity contribution is 5.97. The van der Waals surface area contributed by atoms with Crippen LogP contribution in [0.3, 0.4) is 0 Å². The minimum atomic E-state index is -2.37. The predicted octanol–water partition coefficient (Wildman–Crippen LogP) is 2.26. The summed E-state index contributed by atoms with van der Waals surface area (Å²) in [6.45, 7) is -4.73. The second-order valence-corrected chi connectivity index (χ2v) is 6.02. The Morgan fingerprint density at radius 1 is 0.903 bits per heavy atom. The van der Waals surface area contributed by atoms with Gasteiger partial charge in [-0.15, -0.1) is 0 Å². The molecule has 0 radical (unpaired) electrons. The number of hydrogen-bond acceptors (Lipinski definition) is 6. The van der Waals surface area contributed by atoms with E-state index >= 15 is 0 Å². The van der Waals surface area contributed by atoms with Crippen molar-refractivity contribution in [2.75, 3.05) is 7.11 Å². The van der Waals surface area contributed by atoms with Crippen molar-refractivity contribution in [3.05, 3.63) is 94.8 Å². The van der Waals surface area contributed by atoms with E-state index in [1.807, 2.05) is 0 Å². The molecule has 1 aromatic heterocycles. The van der Waals surface area contributed by atoms with Gasteiger partial charge in [-0.1, -0.05) is 24.3 Å². The van der Waals surface area contributed by atoms with E-state index < -0.39 is 36.6 Å². The number of ether oxygens (including phenoxy) is 1. The van der Waals surface area contributed by atoms with E-state index in [0.717, 1.165) is 24.5 Å². The SMILES string of the molecule is [2H]C([2H])(NC(=O)c1cc(C(=O)NC([2H])([2H])c2ccc(C(=O)OC)cc2)ncn1)c1ccc(F)cc1. The molecule has 2 N–H and O–H groups in total. The van der Waals surface area contributed by atoms with Gasteiger partial charge in [-0.2, -0.15) is 0 Å². The second-order valence-electron chi connectivity index (χ2n) is 6.02. The molecule has 0 saturated heterocycles. The standard InChI is InChI=1S/C22H19FN4O4/c1-31-22(30)16-6-2-14(3-7-16)11-24-20(28)18-10-19(27-13-26-18)21(29)25-12-15-4-8-17(23)9-5-15/h2-10,13H,11-12H2,1H3,(H,24,28)(H,25,29)/i11D2,12D2. The first-order chi connectivity index (χ1) is 16.4. The largest absolute Gasteiger partial charge is 0.465 e. The average Bonchev–Trinajstić information content (AvgIpc) is 2.83. The number of rotatable bonds is 7. The molecule has 0 aliphatic carbocycles. The van der Waals surface area contributed by atoms with Gasteiger partial charge in [0.2, 0.25) is 0 Å². The van der Waals surface area contributed by atoms with Crippen LogP contribution in [0.2, 0.25) is 0 Å². The number of halogens is 1. The summed E-state index contributed by atoms with van der Waals surface area (Å²) in [6.07, 6.45) is 0.901. The Morgan fingerprint density at radius 2 is 1.39 bits per heavy atom. The molecule has 0 spiro atoms. The molecule has 2 aromatic carbocycles. The molecular weight excluding hydrogens is 403 g/mol. The maximum atomic E-state index is 13.1. The number of benzene rings is 2. The quantitative estimate of drug-likeness (QED) is 0.561. The number of nitrogens with one attached hydrogen (secondary N) is 2. The first-order valence-electron chi connectivity index (χ1n) is 10.8. The summed E-state index contributed by atoms with van der Waals surface area (Å²) in [5.41, 5.74) is -0.462. The number of nitrogens with zero attached hydrogens (tertiary/aromatic N) is 2. The van der Waals surface area contributed by atoms with Crippen molar-refractivity contribution in [1.82, 2.24) is 20.6 Å². The molecule has 2 amide bonds. The number of esters is 1. The van der Waals surface area contributed by atoms with Gasteiger partial charge in [0.1, 0.15) is 23.5 Å². The van der Waals surface area contributed by atoms with Crippen LogP contribution >= 0.6 is 0 Å². The molecule has 3 rings (SSSR count). The Kier molecular flexibility index (Phi) is 5.40. The maximum absolute atomic E-state index is 13.1. The van der Waals surface area contributed by atoms with Gasteiger partial charge in [0, 0.05) is 19.1 Å². The third-order valence-corrected chi connectivity index (χ3v) is 3.92. The summed E-state index contributed by atoms with van der Waals surface area (Å²) in [5, 5.41) is 4.25. The highest BCUT2D eigenvalue weighted by Gasteiger charge is 2.13. The van der Waals surface area contributed by atoms with Crippen molar-refractivity contribution in [3.63, 3.8) is 0 Å². The first-order valence-corrected chi connectivity index (χ1v) is 8.85. The molecule has 1 heterocycles. The number of hydrogen-bond donors (Lipinski definition) is 2. The van der Waals surface area contributed by atoms with Crippen LogP contribution in [0.25, 0.3) is 0 Å². The fraction of sp³-hybridized carbons (Fsp3) is 0.136. The van der Waals surface area contributed by atoms with Crippen LogP contribution in [0.15, 0.2) is 60.9 Å². The second kappa shape index (κ2) is 10.1. The fourth-order valence-electron chi connectivity index (χ4n) is 2.33. The number of amides is 2. The number of carbonyl (C=O) groups is 3. The van der Waals surface area contributed by atoms with Gasteiger partial charge in [-0.25, -0.2) is 19.2 Å². The number of methoxy groups -OCH3 is 1. The monoisotopic (exact) mass is 426 g/mol. The topological polar surface area (TPSA) is 110 Å². The van der Waals surface area contributed by atoms with E-state index in [-0.39, 0.29) is 28.1 Å². The van der Waals surface area contributed by atoms with Crippen LogP contribution in [0, 0.1) is 5.82 Å². The summed E-state index contributed by atoms with van der Waals surface area (Å²) in [5.74, 6) is -3.11. The normalized spacial score (nSPS) is 13.1. The summed E-state index contributed by atoms with van der Waals surface area (Å²) in [4.78, 5) is 44.2. The lowest BCUT2D eigenvalue weighted by molar-refractivity contribution is 0.0600. The molecule has 0 unspecified atom stereocenters. The van der Waals surface area contributed by atoms with Crippen LogP contribution in [0.5, 0.6) is 0 Å². The zero-order valence-electron chi connectivity index (χ0n) is 20.2. The smallest absolute Gasteiger partial charge is 0.337 e. The molecule has 3 aromatic rings. The van der Waals surface area contributed by atoms with Crippen molar-refractivity contribution in [1.29, 1.82) is 0 Å². The van der Waals surface area contributed by atoms with Gasteiger partial charge in [0.05, 0.1) is 18.2 Å². The summed E-state index contributed by atoms with van der Waals surface area (Å²) >= 11 is 0. The van der Waals surface area contributed by atoms with Crippen LogP contribution < -0.4 is 10.6 Å². The molecule has 0 aliphatic heterocycles. The van der Waals surface area contributed by atoms with Gasteiger partial charge in [0.15, 0.2) is 0 Å². The van der Waals surface area contributed by atoms with Crippen LogP contribution in [-0.2, 0) is 17.7 Å². The zero-order valence-corrected chi connectivity index (χ0v) is 16.2. The predicted molar refractivity (Wildman–Crippen MR) is 109 cm³/mol. The van der Waals surface area contributed by atoms with Crippen molar-refractivity contribution in [2.24, 2.45) is 0 Å². The van der Waals surface area contributed by atoms with E-state index in [2.05, 4.69) is 25.3 Å². The minimum absolute atomic E-state index is 0.00862. The molecule has 31 heavy (non-hydrogen) atoms. The Bertz CT molecular complexity index is 1260. The third-order valence-electron chi connectivity index (χ3n) is 3.92. The average molecular weight is 426 g/mol. The van der Waals surface area contributed by atoms with Gasteiger partial charge in [-0.05, 0) is 35.4 Å². The fourth-order valence-corrected chi connectivity index (χ4v) is 2.33. The summed E-state index contributed by atoms with van der Waals surface area (Å²) in [6, 6.07) is 10.7. The minimum Gasteiger partial charge on any atom is -0.465 e. The van der Waals surface area contributed by atoms with Crippen LogP contribution in [0.4, 0.5) is 4.39 Å². The van der Waals surface area contributed by atoms with Gasteiger partial charge >= 0.3 is 5.97 Å². The maximum Gasteiger partial charge on any atom is 0.337 e. The zero-order chi connectivity index (χ0) is 25.8. The van der Waals surface area contributed by atoms with E-state index in [1.165, 1.54) is 43.5 Å². The summed E-state index contributed by atoms with van der Waals surface area (Å²) in [7, 11) is 1.21. The van der Waals surface area contributed by atoms with Crippen molar-refractivity contribution in [2.45, 2.75) is 13.0 Å². The molecule has 0 aliphatic rings. The molecule has 0 atom stereocenters. The Morgan fingerprint density at radius 3 is 1.87 bits per heavy atom. The number of carbonyl (C=O) groups excluding carboxylic acids is 3. The Hall–Kier alpha value is -4.14. The number of aromatic nitrogens is 2. The molecule has 0 fully saturated rings. The highest BCUT2D eigenvalue weighted by Crippen LogP contribution is 2.07. The van der Waals surface area contributed by atoms with Crippen molar-refractivity contribution in [3.8, 4) is 0 Å². The van der Waals surface area contributed by atoms with E-state index in [0.29, 0.717) is 0 Å². The van der Waals surface area contributed by atoms with Gasteiger partial charge in [0.25, 0.3) is 11.8 Å². The van der Waals surface area contributed by atoms with E-state index in [9.17, 15) is 18.8 Å². The third kappa shape index (κ3) is 5.92. The van der Waals surface area contributed by atoms with Crippen LogP contribution in [-0.4, -0.2) is 34.9 Å². The van der Waals surface area contributed by atoms with E-state index in [4.69, 9.17) is 5.48 Å². The van der Waals surface area contributed by atoms with Crippen molar-refractivity contribution >= 4 is 17.8 Å². The summed E-state index contributed by atoms with van der Waals surface area (Å²) < 4.78 is 50.1. The molecule has 158 valence electrons. The highest BCUT2D eigenvalue weighted by atomic mass is 19.1. The Balaban J connectivity index is 1.73. The van der Waals surface area contributed by atoms with Gasteiger partial charge in [-0.3, -0.25) is 9.59 Å². The first kappa shape index (κ1) is 16.6. The molecule has 8 nitrogen and oxygen atoms in total. The molecule has 0 bridgehead atoms. The Labute approximate surface area is 183 Å². The molecule has 0 saturated carbocycles. The lowest BCUT2D eigenvalue weighted by Crippen LogP contribution is -2.27. The lowest BCUT2D eigenvalue weighted by atomic mass is 10.1. The van der Waals surface area contributed by atoms with Gasteiger partial charge < -0.3 is 15.4 Å². The van der Waals surface area contributed by atoms with Crippen molar-refractivity contribution < 1.29 is 29.0 Å². The molecule has 9 heteroatoms. The van der Waals surface area contributed by atoms with Crippen LogP contribution in [0.1, 0.15) is 47.9 Å². The lowest BCUT2D eigenvalue weighted by Gasteiger charge is -2.08. The van der Waals surface area contributed by atoms with E-state index in [1.54, 1.807) is 0 Å². The molecular formula is C22H19FN4O4.